The number of hydrogen-bond donors (Lipinski definition) is 0. The summed E-state index contributed by atoms with van der Waals surface area (Å²) in [5.74, 6) is 7.29. The van der Waals surface area contributed by atoms with Gasteiger partial charge in [0.2, 0.25) is 0 Å². The summed E-state index contributed by atoms with van der Waals surface area (Å²) in [5, 5.41) is 0. The maximum Gasteiger partial charge on any atom is 0.0249 e. The zero-order chi connectivity index (χ0) is 16.5. The topological polar surface area (TPSA) is 0 Å². The molecule has 120 valence electrons. The monoisotopic (exact) mass is 304 g/mol. The molecule has 0 unspecified atom stereocenters. The second-order valence-electron chi connectivity index (χ2n) is 6.68. The van der Waals surface area contributed by atoms with E-state index in [9.17, 15) is 0 Å². The second-order valence-corrected chi connectivity index (χ2v) is 6.68. The van der Waals surface area contributed by atoms with Crippen molar-refractivity contribution in [3.05, 3.63) is 70.8 Å². The van der Waals surface area contributed by atoms with Crippen molar-refractivity contribution in [1.29, 1.82) is 0 Å². The average molecular weight is 304 g/mol. The van der Waals surface area contributed by atoms with Crippen LogP contribution in [-0.4, -0.2) is 0 Å². The third kappa shape index (κ3) is 6.33. The van der Waals surface area contributed by atoms with Crippen molar-refractivity contribution in [3.63, 3.8) is 0 Å². The van der Waals surface area contributed by atoms with E-state index in [1.807, 2.05) is 0 Å². The highest BCUT2D eigenvalue weighted by atomic mass is 14.0. The van der Waals surface area contributed by atoms with Crippen LogP contribution in [0, 0.1) is 17.8 Å². The lowest BCUT2D eigenvalue weighted by atomic mass is 10.0. The fourth-order valence-electron chi connectivity index (χ4n) is 2.49. The van der Waals surface area contributed by atoms with E-state index >= 15 is 0 Å². The number of unbranched alkanes of at least 4 members (excludes halogenated alkanes) is 1. The summed E-state index contributed by atoms with van der Waals surface area (Å²) in [4.78, 5) is 0. The van der Waals surface area contributed by atoms with Gasteiger partial charge in [-0.25, -0.2) is 0 Å². The average Bonchev–Trinajstić information content (AvgIpc) is 2.58. The minimum Gasteiger partial charge on any atom is -0.0654 e. The van der Waals surface area contributed by atoms with E-state index in [4.69, 9.17) is 0 Å². The van der Waals surface area contributed by atoms with Crippen LogP contribution >= 0.6 is 0 Å². The lowest BCUT2D eigenvalue weighted by Crippen LogP contribution is -1.91. The molecular weight excluding hydrogens is 276 g/mol. The van der Waals surface area contributed by atoms with E-state index in [1.165, 1.54) is 36.8 Å². The van der Waals surface area contributed by atoms with Crippen molar-refractivity contribution in [2.75, 3.05) is 0 Å². The lowest BCUT2D eigenvalue weighted by Gasteiger charge is -2.04. The van der Waals surface area contributed by atoms with Crippen molar-refractivity contribution in [1.82, 2.24) is 0 Å². The van der Waals surface area contributed by atoms with E-state index in [1.54, 1.807) is 0 Å². The summed E-state index contributed by atoms with van der Waals surface area (Å²) >= 11 is 0. The van der Waals surface area contributed by atoms with Crippen LogP contribution in [-0.2, 0) is 12.8 Å². The first kappa shape index (κ1) is 17.4. The van der Waals surface area contributed by atoms with Crippen LogP contribution in [0.4, 0.5) is 0 Å². The summed E-state index contributed by atoms with van der Waals surface area (Å²) < 4.78 is 0. The fourth-order valence-corrected chi connectivity index (χ4v) is 2.49. The Kier molecular flexibility index (Phi) is 6.95. The molecule has 0 amide bonds. The summed E-state index contributed by atoms with van der Waals surface area (Å²) in [6, 6.07) is 17.4. The van der Waals surface area contributed by atoms with E-state index in [0.29, 0.717) is 0 Å². The van der Waals surface area contributed by atoms with Gasteiger partial charge in [-0.05, 0) is 67.0 Å². The molecular formula is C23H28. The van der Waals surface area contributed by atoms with Gasteiger partial charge < -0.3 is 0 Å². The highest BCUT2D eigenvalue weighted by Gasteiger charge is 1.97. The number of aryl methyl sites for hydroxylation is 2. The highest BCUT2D eigenvalue weighted by molar-refractivity contribution is 5.44. The Bertz CT molecular complexity index is 633. The van der Waals surface area contributed by atoms with Gasteiger partial charge in [0, 0.05) is 11.1 Å². The van der Waals surface area contributed by atoms with Crippen molar-refractivity contribution >= 4 is 0 Å². The zero-order valence-corrected chi connectivity index (χ0v) is 14.7. The molecule has 0 radical (unpaired) electrons. The Hall–Kier alpha value is -2.00. The predicted octanol–water partition coefficient (Wildman–Crippen LogP) is 6.02. The first-order valence-corrected chi connectivity index (χ1v) is 8.87. The van der Waals surface area contributed by atoms with E-state index in [-0.39, 0.29) is 0 Å². The van der Waals surface area contributed by atoms with E-state index in [2.05, 4.69) is 81.1 Å². The van der Waals surface area contributed by atoms with Gasteiger partial charge in [-0.1, -0.05) is 63.3 Å². The van der Waals surface area contributed by atoms with Crippen LogP contribution in [0.1, 0.15) is 62.3 Å². The molecule has 0 aliphatic rings. The molecule has 0 aliphatic heterocycles. The molecule has 0 nitrogen and oxygen atoms in total. The maximum absolute atomic E-state index is 3.27. The summed E-state index contributed by atoms with van der Waals surface area (Å²) in [7, 11) is 0. The van der Waals surface area contributed by atoms with Crippen LogP contribution in [0.5, 0.6) is 0 Å². The quantitative estimate of drug-likeness (QED) is 0.573. The molecule has 0 bridgehead atoms. The molecule has 0 heteroatoms. The van der Waals surface area contributed by atoms with Crippen LogP contribution in [0.15, 0.2) is 48.5 Å². The largest absolute Gasteiger partial charge is 0.0654 e. The molecule has 0 aromatic heterocycles. The normalized spacial score (nSPS) is 10.4. The van der Waals surface area contributed by atoms with Gasteiger partial charge in [0.1, 0.15) is 0 Å². The van der Waals surface area contributed by atoms with E-state index < -0.39 is 0 Å². The zero-order valence-electron chi connectivity index (χ0n) is 14.7. The van der Waals surface area contributed by atoms with Gasteiger partial charge in [0.05, 0.1) is 0 Å². The van der Waals surface area contributed by atoms with Gasteiger partial charge in [0.25, 0.3) is 0 Å². The van der Waals surface area contributed by atoms with Crippen LogP contribution in [0.25, 0.3) is 0 Å². The molecule has 0 saturated heterocycles. The Labute approximate surface area is 142 Å². The first-order chi connectivity index (χ1) is 11.2. The van der Waals surface area contributed by atoms with Crippen molar-refractivity contribution in [2.45, 2.75) is 52.9 Å². The molecule has 0 aliphatic carbocycles. The van der Waals surface area contributed by atoms with Crippen molar-refractivity contribution in [3.8, 4) is 11.8 Å². The third-order valence-corrected chi connectivity index (χ3v) is 4.09. The Morgan fingerprint density at radius 2 is 1.22 bits per heavy atom. The molecule has 0 saturated carbocycles. The molecule has 0 fully saturated rings. The van der Waals surface area contributed by atoms with Crippen LogP contribution in [0.2, 0.25) is 0 Å². The van der Waals surface area contributed by atoms with Gasteiger partial charge in [0.15, 0.2) is 0 Å². The Balaban J connectivity index is 1.95. The summed E-state index contributed by atoms with van der Waals surface area (Å²) in [6.45, 7) is 6.77. The predicted molar refractivity (Wildman–Crippen MR) is 101 cm³/mol. The molecule has 2 aromatic rings. The second kappa shape index (κ2) is 9.21. The Morgan fingerprint density at radius 3 is 1.65 bits per heavy atom. The SMILES string of the molecule is CCCCc1ccc(C#Cc2ccc(CCC(C)C)cc2)cc1. The van der Waals surface area contributed by atoms with Gasteiger partial charge in [-0.2, -0.15) is 0 Å². The van der Waals surface area contributed by atoms with Gasteiger partial charge in [-0.3, -0.25) is 0 Å². The van der Waals surface area contributed by atoms with Crippen molar-refractivity contribution in [2.24, 2.45) is 5.92 Å². The van der Waals surface area contributed by atoms with Crippen LogP contribution in [0.3, 0.4) is 0 Å². The number of rotatable bonds is 6. The minimum absolute atomic E-state index is 0.759. The third-order valence-electron chi connectivity index (χ3n) is 4.09. The Morgan fingerprint density at radius 1 is 0.739 bits per heavy atom. The molecule has 2 rings (SSSR count). The molecule has 23 heavy (non-hydrogen) atoms. The molecule has 0 heterocycles. The number of benzene rings is 2. The smallest absolute Gasteiger partial charge is 0.0249 e. The molecule has 0 atom stereocenters. The first-order valence-electron chi connectivity index (χ1n) is 8.87. The van der Waals surface area contributed by atoms with Gasteiger partial charge in [-0.15, -0.1) is 0 Å². The molecule has 0 N–H and O–H groups in total. The molecule has 2 aromatic carbocycles. The fraction of sp³-hybridized carbons (Fsp3) is 0.391. The lowest BCUT2D eigenvalue weighted by molar-refractivity contribution is 0.587. The van der Waals surface area contributed by atoms with Crippen LogP contribution < -0.4 is 0 Å². The summed E-state index contributed by atoms with van der Waals surface area (Å²) in [5.41, 5.74) is 5.00. The number of hydrogen-bond acceptors (Lipinski definition) is 0. The summed E-state index contributed by atoms with van der Waals surface area (Å²) in [6.07, 6.45) is 6.07. The standard InChI is InChI=1S/C23H28/c1-4-5-6-20-9-11-22(12-10-20)17-18-23-15-13-21(14-16-23)8-7-19(2)3/h9-16,19H,4-8H2,1-3H3. The molecule has 0 spiro atoms. The minimum atomic E-state index is 0.759. The van der Waals surface area contributed by atoms with Gasteiger partial charge >= 0.3 is 0 Å². The maximum atomic E-state index is 3.27. The highest BCUT2D eigenvalue weighted by Crippen LogP contribution is 2.11. The van der Waals surface area contributed by atoms with Crippen molar-refractivity contribution < 1.29 is 0 Å². The van der Waals surface area contributed by atoms with E-state index in [0.717, 1.165) is 23.5 Å².